The number of aryl methyl sites for hydroxylation is 1. The summed E-state index contributed by atoms with van der Waals surface area (Å²) in [6, 6.07) is 8.31. The second-order valence-electron chi connectivity index (χ2n) is 8.37. The first-order valence-electron chi connectivity index (χ1n) is 11.5. The molecule has 1 fully saturated rings. The fraction of sp³-hybridized carbons (Fsp3) is 0.417. The summed E-state index contributed by atoms with van der Waals surface area (Å²) in [5.74, 6) is -1.05. The monoisotopic (exact) mass is 537 g/mol. The van der Waals surface area contributed by atoms with Gasteiger partial charge in [-0.25, -0.2) is 8.42 Å². The number of anilines is 1. The van der Waals surface area contributed by atoms with Crippen molar-refractivity contribution >= 4 is 56.6 Å². The zero-order valence-electron chi connectivity index (χ0n) is 19.4. The van der Waals surface area contributed by atoms with E-state index in [0.29, 0.717) is 15.8 Å². The van der Waals surface area contributed by atoms with Crippen molar-refractivity contribution in [2.24, 2.45) is 0 Å². The van der Waals surface area contributed by atoms with Gasteiger partial charge in [0.15, 0.2) is 0 Å². The molecule has 4 rings (SSSR count). The third-order valence-electron chi connectivity index (χ3n) is 6.06. The molecule has 1 aromatic carbocycles. The number of nitrogens with zero attached hydrogens (tertiary/aromatic N) is 2. The minimum atomic E-state index is -4.11. The van der Waals surface area contributed by atoms with Gasteiger partial charge in [-0.2, -0.15) is 4.31 Å². The van der Waals surface area contributed by atoms with E-state index in [1.54, 1.807) is 24.0 Å². The first-order chi connectivity index (χ1) is 16.8. The maximum absolute atomic E-state index is 13.5. The molecule has 1 saturated heterocycles. The lowest BCUT2D eigenvalue weighted by Gasteiger charge is -2.25. The van der Waals surface area contributed by atoms with Crippen LogP contribution in [0.15, 0.2) is 35.7 Å². The number of nitrogens with one attached hydrogen (secondary N) is 1. The van der Waals surface area contributed by atoms with Crippen molar-refractivity contribution in [2.75, 3.05) is 31.1 Å². The van der Waals surface area contributed by atoms with Crippen LogP contribution in [0.2, 0.25) is 4.34 Å². The molecule has 35 heavy (non-hydrogen) atoms. The van der Waals surface area contributed by atoms with Crippen LogP contribution in [-0.4, -0.2) is 56.9 Å². The van der Waals surface area contributed by atoms with E-state index in [1.165, 1.54) is 28.5 Å². The molecule has 3 heterocycles. The molecule has 1 aromatic heterocycles. The van der Waals surface area contributed by atoms with E-state index in [1.807, 2.05) is 18.2 Å². The fourth-order valence-electron chi connectivity index (χ4n) is 4.36. The van der Waals surface area contributed by atoms with Gasteiger partial charge in [-0.05, 0) is 74.2 Å². The Hall–Kier alpha value is -2.24. The number of ether oxygens (including phenoxy) is 1. The lowest BCUT2D eigenvalue weighted by molar-refractivity contribution is -0.143. The Morgan fingerprint density at radius 2 is 2.14 bits per heavy atom. The number of hydrogen-bond acceptors (Lipinski definition) is 7. The van der Waals surface area contributed by atoms with Gasteiger partial charge in [0, 0.05) is 29.1 Å². The van der Waals surface area contributed by atoms with Crippen LogP contribution in [0, 0.1) is 0 Å². The maximum Gasteiger partial charge on any atom is 0.321 e. The van der Waals surface area contributed by atoms with Crippen LogP contribution in [-0.2, 0) is 37.3 Å². The zero-order valence-corrected chi connectivity index (χ0v) is 21.8. The molecule has 1 N–H and O–H groups in total. The Bertz CT molecular complexity index is 1230. The third kappa shape index (κ3) is 6.13. The average molecular weight is 538 g/mol. The molecule has 2 aliphatic heterocycles. The fourth-order valence-corrected chi connectivity index (χ4v) is 6.72. The van der Waals surface area contributed by atoms with Gasteiger partial charge in [-0.3, -0.25) is 9.59 Å². The van der Waals surface area contributed by atoms with Gasteiger partial charge in [-0.15, -0.1) is 11.3 Å². The summed E-state index contributed by atoms with van der Waals surface area (Å²) in [6.45, 7) is 3.32. The molecular weight excluding hydrogens is 510 g/mol. The average Bonchev–Trinajstić information content (AvgIpc) is 3.33. The van der Waals surface area contributed by atoms with E-state index < -0.39 is 28.6 Å². The predicted octanol–water partition coefficient (Wildman–Crippen LogP) is 3.41. The highest BCUT2D eigenvalue weighted by Gasteiger charge is 2.42. The molecule has 2 aromatic rings. The number of rotatable bonds is 8. The number of esters is 1. The topological polar surface area (TPSA) is 96.0 Å². The molecule has 0 unspecified atom stereocenters. The molecule has 0 radical (unpaired) electrons. The summed E-state index contributed by atoms with van der Waals surface area (Å²) in [4.78, 5) is 28.0. The normalized spacial score (nSPS) is 18.8. The van der Waals surface area contributed by atoms with Crippen molar-refractivity contribution in [1.82, 2.24) is 9.62 Å². The van der Waals surface area contributed by atoms with Gasteiger partial charge in [-0.1, -0.05) is 17.7 Å². The minimum absolute atomic E-state index is 0.116. The van der Waals surface area contributed by atoms with Gasteiger partial charge in [0.25, 0.3) is 0 Å². The molecule has 0 aliphatic carbocycles. The Morgan fingerprint density at radius 1 is 1.31 bits per heavy atom. The van der Waals surface area contributed by atoms with Crippen molar-refractivity contribution in [3.05, 3.63) is 56.1 Å². The van der Waals surface area contributed by atoms with Crippen molar-refractivity contribution in [1.29, 1.82) is 0 Å². The summed E-state index contributed by atoms with van der Waals surface area (Å²) < 4.78 is 33.0. The molecule has 1 atom stereocenters. The van der Waals surface area contributed by atoms with Crippen molar-refractivity contribution in [2.45, 2.75) is 38.8 Å². The molecule has 0 spiro atoms. The molecule has 11 heteroatoms. The van der Waals surface area contributed by atoms with Crippen LogP contribution >= 0.6 is 22.9 Å². The summed E-state index contributed by atoms with van der Waals surface area (Å²) in [7, 11) is -4.11. The van der Waals surface area contributed by atoms with E-state index in [9.17, 15) is 18.0 Å². The molecule has 0 saturated carbocycles. The molecular formula is C24H28ClN3O5S2. The predicted molar refractivity (Wildman–Crippen MR) is 138 cm³/mol. The Balaban J connectivity index is 1.59. The maximum atomic E-state index is 13.5. The molecule has 188 valence electrons. The largest absolute Gasteiger partial charge is 0.465 e. The Morgan fingerprint density at radius 3 is 2.89 bits per heavy atom. The number of sulfonamides is 1. The molecule has 1 amide bonds. The van der Waals surface area contributed by atoms with E-state index in [-0.39, 0.29) is 18.9 Å². The third-order valence-corrected chi connectivity index (χ3v) is 8.77. The van der Waals surface area contributed by atoms with Crippen LogP contribution in [0.3, 0.4) is 0 Å². The summed E-state index contributed by atoms with van der Waals surface area (Å²) in [5, 5.41) is 4.40. The molecule has 0 bridgehead atoms. The van der Waals surface area contributed by atoms with Crippen LogP contribution < -0.4 is 10.2 Å². The lowest BCUT2D eigenvalue weighted by atomic mass is 10.0. The van der Waals surface area contributed by atoms with Crippen LogP contribution in [0.25, 0.3) is 6.08 Å². The van der Waals surface area contributed by atoms with Crippen molar-refractivity contribution < 1.29 is 22.7 Å². The number of hydrogen-bond donors (Lipinski definition) is 1. The number of amides is 1. The second-order valence-corrected chi connectivity index (χ2v) is 11.9. The van der Waals surface area contributed by atoms with Gasteiger partial charge >= 0.3 is 5.97 Å². The first-order valence-corrected chi connectivity index (χ1v) is 14.2. The quantitative estimate of drug-likeness (QED) is 0.518. The summed E-state index contributed by atoms with van der Waals surface area (Å²) in [6.07, 6.45) is 3.62. The first kappa shape index (κ1) is 25.8. The molecule has 2 aliphatic rings. The second kappa shape index (κ2) is 11.2. The van der Waals surface area contributed by atoms with Crippen LogP contribution in [0.4, 0.5) is 5.69 Å². The highest BCUT2D eigenvalue weighted by atomic mass is 35.5. The number of fused-ring (bicyclic) bond motifs is 1. The summed E-state index contributed by atoms with van der Waals surface area (Å²) in [5.41, 5.74) is 3.15. The van der Waals surface area contributed by atoms with Crippen LogP contribution in [0.1, 0.15) is 35.8 Å². The number of benzene rings is 1. The highest BCUT2D eigenvalue weighted by molar-refractivity contribution is 7.92. The summed E-state index contributed by atoms with van der Waals surface area (Å²) >= 11 is 7.17. The Kier molecular flexibility index (Phi) is 8.28. The Labute approximate surface area is 214 Å². The van der Waals surface area contributed by atoms with E-state index in [4.69, 9.17) is 16.3 Å². The number of carbonyl (C=O) groups is 2. The van der Waals surface area contributed by atoms with Gasteiger partial charge in [0.2, 0.25) is 15.9 Å². The van der Waals surface area contributed by atoms with E-state index >= 15 is 0 Å². The van der Waals surface area contributed by atoms with Gasteiger partial charge < -0.3 is 15.0 Å². The van der Waals surface area contributed by atoms with Gasteiger partial charge in [0.05, 0.1) is 10.9 Å². The zero-order chi connectivity index (χ0) is 25.0. The van der Waals surface area contributed by atoms with Crippen molar-refractivity contribution in [3.8, 4) is 0 Å². The van der Waals surface area contributed by atoms with Crippen LogP contribution in [0.5, 0.6) is 0 Å². The number of carbonyl (C=O) groups excluding carboxylic acids is 2. The number of thiophene rings is 1. The minimum Gasteiger partial charge on any atom is -0.465 e. The lowest BCUT2D eigenvalue weighted by Crippen LogP contribution is -2.47. The van der Waals surface area contributed by atoms with Crippen molar-refractivity contribution in [3.63, 3.8) is 0 Å². The van der Waals surface area contributed by atoms with E-state index in [2.05, 4.69) is 5.32 Å². The van der Waals surface area contributed by atoms with E-state index in [0.717, 1.165) is 41.3 Å². The van der Waals surface area contributed by atoms with Gasteiger partial charge in [0.1, 0.15) is 12.6 Å². The highest BCUT2D eigenvalue weighted by Crippen LogP contribution is 2.30. The standard InChI is InChI=1S/C24H28ClN3O5S2/c1-2-33-23(29)16-28(35(31,32)13-10-20-7-8-22(25)34-20)21-9-12-27(24(21)30)19-6-5-18-15-26-11-3-4-17(18)14-19/h5-8,10,13-14,21,26H,2-4,9,11-12,15-16H2,1H3/t21-/m0/s1. The SMILES string of the molecule is CCOC(=O)CN([C@H]1CCN(c2ccc3c(c2)CCCNC3)C1=O)S(=O)(=O)C=Cc1ccc(Cl)s1. The smallest absolute Gasteiger partial charge is 0.321 e. The molecule has 8 nitrogen and oxygen atoms in total. The number of halogens is 1.